The van der Waals surface area contributed by atoms with Gasteiger partial charge in [-0.05, 0) is 17.7 Å². The molecule has 1 amide bonds. The molecule has 1 aromatic carbocycles. The molecule has 2 rings (SSSR count). The van der Waals surface area contributed by atoms with E-state index in [4.69, 9.17) is 15.2 Å². The first-order chi connectivity index (χ1) is 10.0. The SMILES string of the molecule is COc1ccc(CNC(=O)c2nn(C)cc2N)cc1OC. The van der Waals surface area contributed by atoms with E-state index in [1.807, 2.05) is 6.07 Å². The second-order valence-corrected chi connectivity index (χ2v) is 4.48. The fraction of sp³-hybridized carbons (Fsp3) is 0.286. The van der Waals surface area contributed by atoms with Gasteiger partial charge < -0.3 is 20.5 Å². The maximum absolute atomic E-state index is 12.0. The van der Waals surface area contributed by atoms with E-state index in [0.717, 1.165) is 5.56 Å². The third-order valence-corrected chi connectivity index (χ3v) is 2.97. The molecule has 1 heterocycles. The highest BCUT2D eigenvalue weighted by molar-refractivity contribution is 5.96. The standard InChI is InChI=1S/C14H18N4O3/c1-18-8-10(15)13(17-18)14(19)16-7-9-4-5-11(20-2)12(6-9)21-3/h4-6,8H,7,15H2,1-3H3,(H,16,19). The Morgan fingerprint density at radius 3 is 2.62 bits per heavy atom. The van der Waals surface area contributed by atoms with Crippen molar-refractivity contribution in [2.24, 2.45) is 7.05 Å². The van der Waals surface area contributed by atoms with Crippen LogP contribution in [0.5, 0.6) is 11.5 Å². The molecule has 0 bridgehead atoms. The highest BCUT2D eigenvalue weighted by atomic mass is 16.5. The van der Waals surface area contributed by atoms with Crippen LogP contribution in [0.4, 0.5) is 5.69 Å². The molecule has 0 saturated carbocycles. The quantitative estimate of drug-likeness (QED) is 0.855. The van der Waals surface area contributed by atoms with Gasteiger partial charge in [0.05, 0.1) is 19.9 Å². The minimum absolute atomic E-state index is 0.220. The number of carbonyl (C=O) groups is 1. The Kier molecular flexibility index (Phi) is 4.32. The van der Waals surface area contributed by atoms with Crippen LogP contribution in [0.25, 0.3) is 0 Å². The molecule has 21 heavy (non-hydrogen) atoms. The number of methoxy groups -OCH3 is 2. The highest BCUT2D eigenvalue weighted by Gasteiger charge is 2.14. The van der Waals surface area contributed by atoms with Crippen LogP contribution >= 0.6 is 0 Å². The predicted molar refractivity (Wildman–Crippen MR) is 78.3 cm³/mol. The van der Waals surface area contributed by atoms with E-state index in [1.165, 1.54) is 4.68 Å². The van der Waals surface area contributed by atoms with E-state index in [1.54, 1.807) is 39.6 Å². The van der Waals surface area contributed by atoms with E-state index in [2.05, 4.69) is 10.4 Å². The largest absolute Gasteiger partial charge is 0.493 e. The molecule has 0 spiro atoms. The van der Waals surface area contributed by atoms with Crippen molar-refractivity contribution in [2.75, 3.05) is 20.0 Å². The molecule has 0 aliphatic rings. The van der Waals surface area contributed by atoms with Gasteiger partial charge in [0.15, 0.2) is 17.2 Å². The lowest BCUT2D eigenvalue weighted by atomic mass is 10.2. The van der Waals surface area contributed by atoms with Crippen LogP contribution in [0, 0.1) is 0 Å². The van der Waals surface area contributed by atoms with Gasteiger partial charge in [-0.15, -0.1) is 0 Å². The van der Waals surface area contributed by atoms with Crippen LogP contribution in [-0.2, 0) is 13.6 Å². The Hall–Kier alpha value is -2.70. The minimum atomic E-state index is -0.317. The molecule has 7 nitrogen and oxygen atoms in total. The number of aromatic nitrogens is 2. The van der Waals surface area contributed by atoms with Crippen molar-refractivity contribution in [2.45, 2.75) is 6.54 Å². The second kappa shape index (κ2) is 6.17. The smallest absolute Gasteiger partial charge is 0.274 e. The molecule has 0 fully saturated rings. The van der Waals surface area contributed by atoms with Gasteiger partial charge in [0.25, 0.3) is 5.91 Å². The van der Waals surface area contributed by atoms with E-state index >= 15 is 0 Å². The minimum Gasteiger partial charge on any atom is -0.493 e. The molecule has 0 atom stereocenters. The monoisotopic (exact) mass is 290 g/mol. The van der Waals surface area contributed by atoms with Crippen molar-refractivity contribution in [3.63, 3.8) is 0 Å². The van der Waals surface area contributed by atoms with E-state index in [0.29, 0.717) is 23.7 Å². The van der Waals surface area contributed by atoms with E-state index in [9.17, 15) is 4.79 Å². The van der Waals surface area contributed by atoms with E-state index < -0.39 is 0 Å². The van der Waals surface area contributed by atoms with Crippen molar-refractivity contribution in [1.82, 2.24) is 15.1 Å². The van der Waals surface area contributed by atoms with Crippen LogP contribution in [0.2, 0.25) is 0 Å². The van der Waals surface area contributed by atoms with Crippen molar-refractivity contribution < 1.29 is 14.3 Å². The zero-order chi connectivity index (χ0) is 15.4. The number of nitrogens with one attached hydrogen (secondary N) is 1. The van der Waals surface area contributed by atoms with Crippen molar-refractivity contribution in [3.05, 3.63) is 35.7 Å². The first-order valence-corrected chi connectivity index (χ1v) is 6.33. The lowest BCUT2D eigenvalue weighted by molar-refractivity contribution is 0.0946. The molecule has 0 aliphatic heterocycles. The normalized spacial score (nSPS) is 10.2. The van der Waals surface area contributed by atoms with Crippen LogP contribution in [-0.4, -0.2) is 29.9 Å². The topological polar surface area (TPSA) is 91.4 Å². The third-order valence-electron chi connectivity index (χ3n) is 2.97. The summed E-state index contributed by atoms with van der Waals surface area (Å²) < 4.78 is 11.9. The summed E-state index contributed by atoms with van der Waals surface area (Å²) >= 11 is 0. The molecular formula is C14H18N4O3. The second-order valence-electron chi connectivity index (χ2n) is 4.48. The van der Waals surface area contributed by atoms with Crippen LogP contribution in [0.3, 0.4) is 0 Å². The fourth-order valence-corrected chi connectivity index (χ4v) is 1.94. The van der Waals surface area contributed by atoms with Gasteiger partial charge >= 0.3 is 0 Å². The molecule has 0 radical (unpaired) electrons. The van der Waals surface area contributed by atoms with Gasteiger partial charge in [-0.1, -0.05) is 6.07 Å². The average molecular weight is 290 g/mol. The maximum Gasteiger partial charge on any atom is 0.274 e. The number of carbonyl (C=O) groups excluding carboxylic acids is 1. The Balaban J connectivity index is 2.06. The Morgan fingerprint density at radius 2 is 2.05 bits per heavy atom. The first kappa shape index (κ1) is 14.7. The number of aryl methyl sites for hydroxylation is 1. The predicted octanol–water partition coefficient (Wildman–Crippen LogP) is 0.949. The van der Waals surface area contributed by atoms with Crippen LogP contribution in [0.1, 0.15) is 16.1 Å². The molecule has 3 N–H and O–H groups in total. The number of nitrogens with two attached hydrogens (primary N) is 1. The molecule has 0 unspecified atom stereocenters. The maximum atomic E-state index is 12.0. The Labute approximate surface area is 122 Å². The zero-order valence-electron chi connectivity index (χ0n) is 12.2. The Bertz CT molecular complexity index is 652. The molecule has 7 heteroatoms. The van der Waals surface area contributed by atoms with Gasteiger partial charge in [0, 0.05) is 19.8 Å². The molecule has 1 aromatic heterocycles. The number of amides is 1. The van der Waals surface area contributed by atoms with Crippen molar-refractivity contribution >= 4 is 11.6 Å². The van der Waals surface area contributed by atoms with Crippen molar-refractivity contribution in [3.8, 4) is 11.5 Å². The number of hydrogen-bond donors (Lipinski definition) is 2. The number of benzene rings is 1. The summed E-state index contributed by atoms with van der Waals surface area (Å²) in [5.41, 5.74) is 7.17. The van der Waals surface area contributed by atoms with Crippen molar-refractivity contribution in [1.29, 1.82) is 0 Å². The fourth-order valence-electron chi connectivity index (χ4n) is 1.94. The number of nitrogen functional groups attached to an aromatic ring is 1. The number of ether oxygens (including phenoxy) is 2. The lowest BCUT2D eigenvalue weighted by Crippen LogP contribution is -2.24. The van der Waals surface area contributed by atoms with Crippen LogP contribution < -0.4 is 20.5 Å². The zero-order valence-corrected chi connectivity index (χ0v) is 12.2. The Morgan fingerprint density at radius 1 is 1.33 bits per heavy atom. The molecule has 0 saturated heterocycles. The summed E-state index contributed by atoms with van der Waals surface area (Å²) in [7, 11) is 4.85. The molecule has 112 valence electrons. The summed E-state index contributed by atoms with van der Waals surface area (Å²) in [6.45, 7) is 0.342. The van der Waals surface area contributed by atoms with Gasteiger partial charge in [-0.3, -0.25) is 9.48 Å². The van der Waals surface area contributed by atoms with Gasteiger partial charge in [0.2, 0.25) is 0 Å². The molecule has 0 aliphatic carbocycles. The number of hydrogen-bond acceptors (Lipinski definition) is 5. The number of nitrogens with zero attached hydrogens (tertiary/aromatic N) is 2. The number of anilines is 1. The first-order valence-electron chi connectivity index (χ1n) is 6.33. The summed E-state index contributed by atoms with van der Waals surface area (Å²) in [6.07, 6.45) is 1.59. The van der Waals surface area contributed by atoms with Gasteiger partial charge in [-0.2, -0.15) is 5.10 Å². The van der Waals surface area contributed by atoms with Gasteiger partial charge in [-0.25, -0.2) is 0 Å². The lowest BCUT2D eigenvalue weighted by Gasteiger charge is -2.10. The number of rotatable bonds is 5. The third kappa shape index (κ3) is 3.25. The van der Waals surface area contributed by atoms with E-state index in [-0.39, 0.29) is 11.6 Å². The average Bonchev–Trinajstić information content (AvgIpc) is 2.83. The summed E-state index contributed by atoms with van der Waals surface area (Å²) in [5, 5.41) is 6.79. The van der Waals surface area contributed by atoms with Crippen LogP contribution in [0.15, 0.2) is 24.4 Å². The summed E-state index contributed by atoms with van der Waals surface area (Å²) in [5.74, 6) is 0.936. The summed E-state index contributed by atoms with van der Waals surface area (Å²) in [4.78, 5) is 12.0. The summed E-state index contributed by atoms with van der Waals surface area (Å²) in [6, 6.07) is 5.44. The highest BCUT2D eigenvalue weighted by Crippen LogP contribution is 2.27. The molecule has 2 aromatic rings. The van der Waals surface area contributed by atoms with Gasteiger partial charge in [0.1, 0.15) is 0 Å². The molecular weight excluding hydrogens is 272 g/mol.